The van der Waals surface area contributed by atoms with E-state index in [0.29, 0.717) is 21.9 Å². The second-order valence-corrected chi connectivity index (χ2v) is 4.99. The third-order valence-electron chi connectivity index (χ3n) is 2.88. The van der Waals surface area contributed by atoms with Gasteiger partial charge in [-0.3, -0.25) is 9.59 Å². The number of halogens is 1. The van der Waals surface area contributed by atoms with Gasteiger partial charge in [0.15, 0.2) is 5.78 Å². The third-order valence-corrected chi connectivity index (χ3v) is 3.13. The largest absolute Gasteiger partial charge is 0.490 e. The van der Waals surface area contributed by atoms with E-state index >= 15 is 0 Å². The summed E-state index contributed by atoms with van der Waals surface area (Å²) in [5.41, 5.74) is 1.14. The van der Waals surface area contributed by atoms with Gasteiger partial charge in [0.1, 0.15) is 19.0 Å². The highest BCUT2D eigenvalue weighted by molar-refractivity contribution is 6.30. The molecule has 0 bridgehead atoms. The van der Waals surface area contributed by atoms with Crippen molar-refractivity contribution in [2.75, 3.05) is 13.2 Å². The lowest BCUT2D eigenvalue weighted by atomic mass is 10.0. The third kappa shape index (κ3) is 4.60. The molecule has 0 N–H and O–H groups in total. The van der Waals surface area contributed by atoms with Crippen molar-refractivity contribution in [1.29, 1.82) is 0 Å². The molecule has 0 heterocycles. The Morgan fingerprint density at radius 3 is 2.00 bits per heavy atom. The molecule has 2 aromatic rings. The molecule has 0 atom stereocenters. The molecule has 0 saturated carbocycles. The highest BCUT2D eigenvalue weighted by atomic mass is 35.5. The molecule has 0 saturated heterocycles. The molecular formula is C17H15ClO4. The minimum atomic E-state index is -0.340. The number of hydrogen-bond donors (Lipinski definition) is 0. The van der Waals surface area contributed by atoms with Gasteiger partial charge in [0.2, 0.25) is 0 Å². The Bertz CT molecular complexity index is 647. The lowest BCUT2D eigenvalue weighted by molar-refractivity contribution is -0.141. The van der Waals surface area contributed by atoms with Crippen molar-refractivity contribution >= 4 is 23.4 Å². The molecule has 0 unspecified atom stereocenters. The monoisotopic (exact) mass is 318 g/mol. The van der Waals surface area contributed by atoms with E-state index in [4.69, 9.17) is 21.1 Å². The van der Waals surface area contributed by atoms with Crippen LogP contribution < -0.4 is 4.74 Å². The van der Waals surface area contributed by atoms with Crippen molar-refractivity contribution in [2.45, 2.75) is 6.92 Å². The molecule has 5 heteroatoms. The summed E-state index contributed by atoms with van der Waals surface area (Å²) in [6.07, 6.45) is 0. The standard InChI is InChI=1S/C17H15ClO4/c1-12(19)21-10-11-22-16-8-4-14(5-9-16)17(20)13-2-6-15(18)7-3-13/h2-9H,10-11H2,1H3. The Balaban J connectivity index is 1.95. The number of hydrogen-bond acceptors (Lipinski definition) is 4. The van der Waals surface area contributed by atoms with E-state index in [1.807, 2.05) is 0 Å². The first-order valence-electron chi connectivity index (χ1n) is 6.73. The van der Waals surface area contributed by atoms with E-state index in [1.165, 1.54) is 6.92 Å². The van der Waals surface area contributed by atoms with Gasteiger partial charge >= 0.3 is 5.97 Å². The molecule has 0 amide bonds. The minimum absolute atomic E-state index is 0.0804. The topological polar surface area (TPSA) is 52.6 Å². The normalized spacial score (nSPS) is 10.1. The molecule has 0 aliphatic carbocycles. The van der Waals surface area contributed by atoms with E-state index < -0.39 is 0 Å². The SMILES string of the molecule is CC(=O)OCCOc1ccc(C(=O)c2ccc(Cl)cc2)cc1. The van der Waals surface area contributed by atoms with Crippen LogP contribution in [0.15, 0.2) is 48.5 Å². The van der Waals surface area contributed by atoms with Crippen LogP contribution in [0.4, 0.5) is 0 Å². The van der Waals surface area contributed by atoms with Crippen molar-refractivity contribution in [1.82, 2.24) is 0 Å². The van der Waals surface area contributed by atoms with Crippen molar-refractivity contribution in [3.63, 3.8) is 0 Å². The molecule has 22 heavy (non-hydrogen) atoms. The first-order valence-corrected chi connectivity index (χ1v) is 7.10. The van der Waals surface area contributed by atoms with Gasteiger partial charge in [-0.1, -0.05) is 11.6 Å². The van der Waals surface area contributed by atoms with Crippen LogP contribution in [0.1, 0.15) is 22.8 Å². The maximum absolute atomic E-state index is 12.3. The maximum atomic E-state index is 12.3. The van der Waals surface area contributed by atoms with E-state index in [1.54, 1.807) is 48.5 Å². The lowest BCUT2D eigenvalue weighted by Gasteiger charge is -2.07. The Hall–Kier alpha value is -2.33. The van der Waals surface area contributed by atoms with Gasteiger partial charge < -0.3 is 9.47 Å². The van der Waals surface area contributed by atoms with Gasteiger partial charge in [-0.05, 0) is 48.5 Å². The van der Waals surface area contributed by atoms with E-state index in [0.717, 1.165) is 0 Å². The van der Waals surface area contributed by atoms with Gasteiger partial charge in [-0.25, -0.2) is 0 Å². The van der Waals surface area contributed by atoms with Crippen molar-refractivity contribution < 1.29 is 19.1 Å². The zero-order valence-electron chi connectivity index (χ0n) is 12.0. The summed E-state index contributed by atoms with van der Waals surface area (Å²) in [7, 11) is 0. The first kappa shape index (κ1) is 16.0. The molecule has 0 radical (unpaired) electrons. The average Bonchev–Trinajstić information content (AvgIpc) is 2.52. The summed E-state index contributed by atoms with van der Waals surface area (Å²) in [6.45, 7) is 1.81. The highest BCUT2D eigenvalue weighted by Crippen LogP contribution is 2.17. The van der Waals surface area contributed by atoms with Gasteiger partial charge in [0.25, 0.3) is 0 Å². The minimum Gasteiger partial charge on any atom is -0.490 e. The van der Waals surface area contributed by atoms with E-state index in [2.05, 4.69) is 0 Å². The summed E-state index contributed by atoms with van der Waals surface area (Å²) < 4.78 is 10.2. The predicted molar refractivity (Wildman–Crippen MR) is 83.5 cm³/mol. The summed E-state index contributed by atoms with van der Waals surface area (Å²) in [5.74, 6) is 0.190. The number of carbonyl (C=O) groups is 2. The summed E-state index contributed by atoms with van der Waals surface area (Å²) in [4.78, 5) is 22.9. The molecule has 2 aromatic carbocycles. The predicted octanol–water partition coefficient (Wildman–Crippen LogP) is 3.51. The summed E-state index contributed by atoms with van der Waals surface area (Å²) in [5, 5.41) is 0.591. The average molecular weight is 319 g/mol. The van der Waals surface area contributed by atoms with Crippen molar-refractivity contribution in [3.8, 4) is 5.75 Å². The van der Waals surface area contributed by atoms with Crippen LogP contribution in [0.25, 0.3) is 0 Å². The number of esters is 1. The van der Waals surface area contributed by atoms with Crippen LogP contribution in [0, 0.1) is 0 Å². The van der Waals surface area contributed by atoms with Crippen molar-refractivity contribution in [3.05, 3.63) is 64.7 Å². The second kappa shape index (κ2) is 7.61. The molecule has 0 aliphatic rings. The Labute approximate surface area is 133 Å². The Morgan fingerprint density at radius 1 is 0.909 bits per heavy atom. The lowest BCUT2D eigenvalue weighted by Crippen LogP contribution is -2.09. The highest BCUT2D eigenvalue weighted by Gasteiger charge is 2.09. The fourth-order valence-electron chi connectivity index (χ4n) is 1.82. The Morgan fingerprint density at radius 2 is 1.45 bits per heavy atom. The summed E-state index contributed by atoms with van der Waals surface area (Å²) >= 11 is 5.80. The fourth-order valence-corrected chi connectivity index (χ4v) is 1.94. The fraction of sp³-hybridized carbons (Fsp3) is 0.176. The number of rotatable bonds is 6. The van der Waals surface area contributed by atoms with Gasteiger partial charge in [0.05, 0.1) is 0 Å². The van der Waals surface area contributed by atoms with Crippen LogP contribution >= 0.6 is 11.6 Å². The maximum Gasteiger partial charge on any atom is 0.302 e. The Kier molecular flexibility index (Phi) is 5.55. The molecule has 114 valence electrons. The number of carbonyl (C=O) groups excluding carboxylic acids is 2. The van der Waals surface area contributed by atoms with Gasteiger partial charge in [-0.2, -0.15) is 0 Å². The first-order chi connectivity index (χ1) is 10.6. The van der Waals surface area contributed by atoms with Crippen LogP contribution in [0.3, 0.4) is 0 Å². The molecule has 0 aromatic heterocycles. The number of ketones is 1. The quantitative estimate of drug-likeness (QED) is 0.464. The molecule has 2 rings (SSSR count). The molecule has 0 fully saturated rings. The van der Waals surface area contributed by atoms with Gasteiger partial charge in [0, 0.05) is 23.1 Å². The smallest absolute Gasteiger partial charge is 0.302 e. The van der Waals surface area contributed by atoms with Crippen LogP contribution in [0.2, 0.25) is 5.02 Å². The van der Waals surface area contributed by atoms with E-state index in [9.17, 15) is 9.59 Å². The number of ether oxygens (including phenoxy) is 2. The van der Waals surface area contributed by atoms with Crippen molar-refractivity contribution in [2.24, 2.45) is 0 Å². The zero-order chi connectivity index (χ0) is 15.9. The summed E-state index contributed by atoms with van der Waals surface area (Å²) in [6, 6.07) is 13.5. The molecule has 4 nitrogen and oxygen atoms in total. The second-order valence-electron chi connectivity index (χ2n) is 4.55. The zero-order valence-corrected chi connectivity index (χ0v) is 12.8. The molecule has 0 spiro atoms. The van der Waals surface area contributed by atoms with Crippen LogP contribution in [-0.2, 0) is 9.53 Å². The van der Waals surface area contributed by atoms with E-state index in [-0.39, 0.29) is 25.0 Å². The van der Waals surface area contributed by atoms with Gasteiger partial charge in [-0.15, -0.1) is 0 Å². The number of benzene rings is 2. The molecule has 0 aliphatic heterocycles. The van der Waals surface area contributed by atoms with Crippen LogP contribution in [-0.4, -0.2) is 25.0 Å². The molecular weight excluding hydrogens is 304 g/mol. The van der Waals surface area contributed by atoms with Crippen LogP contribution in [0.5, 0.6) is 5.75 Å².